The van der Waals surface area contributed by atoms with Gasteiger partial charge in [-0.15, -0.1) is 0 Å². The topological polar surface area (TPSA) is 133 Å². The molecular formula is C21H29F2N4O5P. The molecule has 12 heteroatoms. The number of halogens is 2. The number of pyridine rings is 1. The van der Waals surface area contributed by atoms with Gasteiger partial charge in [0.05, 0.1) is 17.6 Å². The molecule has 0 aliphatic rings. The van der Waals surface area contributed by atoms with Crippen LogP contribution in [0.2, 0.25) is 0 Å². The predicted octanol–water partition coefficient (Wildman–Crippen LogP) is 4.08. The number of fused-ring (bicyclic) bond motifs is 3. The Morgan fingerprint density at radius 3 is 2.61 bits per heavy atom. The third-order valence-corrected chi connectivity index (χ3v) is 6.10. The van der Waals surface area contributed by atoms with Crippen LogP contribution in [0.3, 0.4) is 0 Å². The minimum Gasteiger partial charge on any atom is -0.462 e. The predicted molar refractivity (Wildman–Crippen MR) is 122 cm³/mol. The van der Waals surface area contributed by atoms with Crippen molar-refractivity contribution >= 4 is 35.3 Å². The van der Waals surface area contributed by atoms with Gasteiger partial charge in [0, 0.05) is 25.0 Å². The first-order valence-electron chi connectivity index (χ1n) is 10.6. The van der Waals surface area contributed by atoms with E-state index in [0.717, 1.165) is 22.0 Å². The van der Waals surface area contributed by atoms with E-state index in [9.17, 15) is 13.3 Å². The van der Waals surface area contributed by atoms with Crippen LogP contribution in [-0.4, -0.2) is 49.8 Å². The first kappa shape index (κ1) is 25.3. The number of aryl methyl sites for hydroxylation is 1. The number of alkyl halides is 2. The lowest BCUT2D eigenvalue weighted by Crippen LogP contribution is -2.17. The summed E-state index contributed by atoms with van der Waals surface area (Å²) < 4.78 is 50.3. The normalized spacial score (nSPS) is 12.8. The van der Waals surface area contributed by atoms with Crippen molar-refractivity contribution < 1.29 is 32.6 Å². The summed E-state index contributed by atoms with van der Waals surface area (Å²) in [6, 6.07) is 6.30. The highest BCUT2D eigenvalue weighted by atomic mass is 31.2. The number of hydrogen-bond donors (Lipinski definition) is 3. The third-order valence-electron chi connectivity index (χ3n) is 5.02. The highest BCUT2D eigenvalue weighted by Crippen LogP contribution is 2.55. The Hall–Kier alpha value is -2.33. The molecule has 9 nitrogen and oxygen atoms in total. The number of nitrogens with zero attached hydrogens (tertiary/aromatic N) is 3. The van der Waals surface area contributed by atoms with Crippen molar-refractivity contribution in [1.82, 2.24) is 14.5 Å². The van der Waals surface area contributed by atoms with Gasteiger partial charge in [0.15, 0.2) is 5.82 Å². The van der Waals surface area contributed by atoms with E-state index in [4.69, 9.17) is 25.0 Å². The van der Waals surface area contributed by atoms with Crippen LogP contribution in [0.25, 0.3) is 21.9 Å². The molecule has 0 bridgehead atoms. The van der Waals surface area contributed by atoms with E-state index in [2.05, 4.69) is 23.8 Å². The van der Waals surface area contributed by atoms with Crippen molar-refractivity contribution in [3.8, 4) is 6.01 Å². The summed E-state index contributed by atoms with van der Waals surface area (Å²) in [4.78, 5) is 26.3. The second-order valence-electron chi connectivity index (χ2n) is 8.39. The van der Waals surface area contributed by atoms with Crippen molar-refractivity contribution in [3.05, 3.63) is 23.8 Å². The zero-order valence-electron chi connectivity index (χ0n) is 18.8. The lowest BCUT2D eigenvalue weighted by Gasteiger charge is -2.17. The first-order chi connectivity index (χ1) is 15.4. The summed E-state index contributed by atoms with van der Waals surface area (Å²) >= 11 is 0. The molecule has 182 valence electrons. The number of benzene rings is 1. The highest BCUT2D eigenvalue weighted by molar-refractivity contribution is 7.53. The molecule has 2 aromatic heterocycles. The van der Waals surface area contributed by atoms with E-state index < -0.39 is 19.7 Å². The van der Waals surface area contributed by atoms with Crippen molar-refractivity contribution in [2.45, 2.75) is 45.8 Å². The van der Waals surface area contributed by atoms with Gasteiger partial charge in [-0.2, -0.15) is 13.8 Å². The Bertz CT molecular complexity index is 1180. The molecule has 0 amide bonds. The van der Waals surface area contributed by atoms with Crippen LogP contribution < -0.4 is 10.5 Å². The van der Waals surface area contributed by atoms with Crippen molar-refractivity contribution in [3.63, 3.8) is 0 Å². The number of nitrogens with two attached hydrogens (primary N) is 1. The van der Waals surface area contributed by atoms with Gasteiger partial charge in [0.1, 0.15) is 12.1 Å². The highest BCUT2D eigenvalue weighted by Gasteiger charge is 2.47. The Morgan fingerprint density at radius 2 is 1.94 bits per heavy atom. The SMILES string of the molecule is Cc1ccc2c(c1)nc(N)c1nc(OCCOCCCC(F)(F)P(=O)(O)O)n(CC(C)C)c12. The van der Waals surface area contributed by atoms with Gasteiger partial charge in [0.25, 0.3) is 6.01 Å². The molecule has 2 heterocycles. The summed E-state index contributed by atoms with van der Waals surface area (Å²) in [7, 11) is -5.47. The summed E-state index contributed by atoms with van der Waals surface area (Å²) in [5.74, 6) is 0.601. The number of hydrogen-bond acceptors (Lipinski definition) is 6. The maximum atomic E-state index is 13.3. The molecule has 0 aliphatic heterocycles. The van der Waals surface area contributed by atoms with Gasteiger partial charge >= 0.3 is 13.3 Å². The van der Waals surface area contributed by atoms with Crippen molar-refractivity contribution in [1.29, 1.82) is 0 Å². The number of ether oxygens (including phenoxy) is 2. The second kappa shape index (κ2) is 9.89. The van der Waals surface area contributed by atoms with Gasteiger partial charge < -0.3 is 25.0 Å². The van der Waals surface area contributed by atoms with E-state index in [-0.39, 0.29) is 26.2 Å². The molecule has 0 radical (unpaired) electrons. The Kier molecular flexibility index (Phi) is 7.58. The fraction of sp³-hybridized carbons (Fsp3) is 0.524. The fourth-order valence-corrected chi connectivity index (χ4v) is 3.92. The Balaban J connectivity index is 1.70. The smallest absolute Gasteiger partial charge is 0.394 e. The number of imidazole rings is 1. The molecule has 0 atom stereocenters. The van der Waals surface area contributed by atoms with Crippen molar-refractivity contribution in [2.75, 3.05) is 25.6 Å². The maximum Gasteiger partial charge on any atom is 0.394 e. The molecule has 3 rings (SSSR count). The van der Waals surface area contributed by atoms with Crippen LogP contribution in [0.15, 0.2) is 18.2 Å². The number of nitrogen functional groups attached to an aromatic ring is 1. The summed E-state index contributed by atoms with van der Waals surface area (Å²) in [5, 5.41) is 0.912. The van der Waals surface area contributed by atoms with Crippen LogP contribution in [-0.2, 0) is 15.8 Å². The molecule has 3 aromatic rings. The Labute approximate surface area is 190 Å². The number of aromatic nitrogens is 3. The first-order valence-corrected chi connectivity index (χ1v) is 12.2. The molecule has 33 heavy (non-hydrogen) atoms. The fourth-order valence-electron chi connectivity index (χ4n) is 3.47. The van der Waals surface area contributed by atoms with Gasteiger partial charge in [-0.05, 0) is 30.9 Å². The third kappa shape index (κ3) is 5.78. The van der Waals surface area contributed by atoms with Gasteiger partial charge in [0.2, 0.25) is 0 Å². The average Bonchev–Trinajstić information content (AvgIpc) is 3.04. The molecule has 0 fully saturated rings. The van der Waals surface area contributed by atoms with Crippen molar-refractivity contribution in [2.24, 2.45) is 5.92 Å². The summed E-state index contributed by atoms with van der Waals surface area (Å²) in [6.07, 6.45) is -1.15. The summed E-state index contributed by atoms with van der Waals surface area (Å²) in [5.41, 5.74) is 5.34. The van der Waals surface area contributed by atoms with Gasteiger partial charge in [-0.3, -0.25) is 9.13 Å². The lowest BCUT2D eigenvalue weighted by atomic mass is 10.1. The summed E-state index contributed by atoms with van der Waals surface area (Å²) in [6.45, 7) is 6.89. The second-order valence-corrected chi connectivity index (χ2v) is 10.1. The van der Waals surface area contributed by atoms with Crippen LogP contribution in [0.5, 0.6) is 6.01 Å². The van der Waals surface area contributed by atoms with E-state index in [1.165, 1.54) is 0 Å². The minimum atomic E-state index is -5.47. The van der Waals surface area contributed by atoms with Gasteiger partial charge in [-0.1, -0.05) is 26.0 Å². The monoisotopic (exact) mass is 486 g/mol. The molecule has 0 aliphatic carbocycles. The number of rotatable bonds is 11. The standard InChI is InChI=1S/C21H29F2N4O5P/c1-13(2)12-27-18-15-6-5-14(3)11-16(15)25-19(24)17(18)26-20(27)32-10-9-31-8-4-7-21(22,23)33(28,29)30/h5-6,11,13H,4,7-10,12H2,1-3H3,(H2,24,25)(H2,28,29,30). The molecule has 0 saturated heterocycles. The Morgan fingerprint density at radius 1 is 1.21 bits per heavy atom. The quantitative estimate of drug-likeness (QED) is 0.273. The molecular weight excluding hydrogens is 457 g/mol. The minimum absolute atomic E-state index is 0.0811. The molecule has 4 N–H and O–H groups in total. The lowest BCUT2D eigenvalue weighted by molar-refractivity contribution is 0.0322. The average molecular weight is 486 g/mol. The van der Waals surface area contributed by atoms with E-state index in [1.54, 1.807) is 0 Å². The van der Waals surface area contributed by atoms with Crippen LogP contribution in [0.4, 0.5) is 14.6 Å². The largest absolute Gasteiger partial charge is 0.462 e. The zero-order chi connectivity index (χ0) is 24.4. The number of anilines is 1. The van der Waals surface area contributed by atoms with Gasteiger partial charge in [-0.25, -0.2) is 4.98 Å². The molecule has 0 spiro atoms. The maximum absolute atomic E-state index is 13.3. The van der Waals surface area contributed by atoms with E-state index in [0.29, 0.717) is 29.8 Å². The van der Waals surface area contributed by atoms with E-state index in [1.807, 2.05) is 29.7 Å². The molecule has 0 unspecified atom stereocenters. The van der Waals surface area contributed by atoms with Crippen LogP contribution in [0, 0.1) is 12.8 Å². The van der Waals surface area contributed by atoms with E-state index >= 15 is 0 Å². The molecule has 1 aromatic carbocycles. The van der Waals surface area contributed by atoms with Crippen LogP contribution >= 0.6 is 7.60 Å². The molecule has 0 saturated carbocycles. The van der Waals surface area contributed by atoms with Crippen LogP contribution in [0.1, 0.15) is 32.3 Å². The zero-order valence-corrected chi connectivity index (χ0v) is 19.7.